The molecular weight excluding hydrogens is 208 g/mol. The Morgan fingerprint density at radius 3 is 1.53 bits per heavy atom. The van der Waals surface area contributed by atoms with Crippen LogP contribution in [0, 0.1) is 5.41 Å². The van der Waals surface area contributed by atoms with Crippen LogP contribution in [0.25, 0.3) is 0 Å². The van der Waals surface area contributed by atoms with Crippen molar-refractivity contribution in [3.63, 3.8) is 0 Å². The predicted octanol–water partition coefficient (Wildman–Crippen LogP) is 5.32. The predicted molar refractivity (Wildman–Crippen MR) is 77.3 cm³/mol. The molecular formula is C16H34O. The molecule has 0 heterocycles. The lowest BCUT2D eigenvalue weighted by atomic mass is 9.90. The minimum absolute atomic E-state index is 0.292. The quantitative estimate of drug-likeness (QED) is 0.599. The second kappa shape index (κ2) is 11.1. The Morgan fingerprint density at radius 2 is 1.24 bits per heavy atom. The van der Waals surface area contributed by atoms with Crippen LogP contribution < -0.4 is 0 Å². The number of hydrogen-bond donors (Lipinski definition) is 1. The highest BCUT2D eigenvalue weighted by molar-refractivity contribution is 4.78. The molecule has 104 valence electrons. The number of rotatable bonds is 7. The molecule has 0 bridgehead atoms. The van der Waals surface area contributed by atoms with E-state index in [1.807, 2.05) is 0 Å². The molecule has 0 aromatic carbocycles. The second-order valence-corrected chi connectivity index (χ2v) is 5.94. The van der Waals surface area contributed by atoms with Crippen molar-refractivity contribution in [2.24, 2.45) is 5.41 Å². The number of aliphatic hydroxyl groups is 1. The van der Waals surface area contributed by atoms with Crippen molar-refractivity contribution < 1.29 is 5.11 Å². The zero-order valence-electron chi connectivity index (χ0n) is 12.4. The lowest BCUT2D eigenvalue weighted by Crippen LogP contribution is -2.15. The monoisotopic (exact) mass is 242 g/mol. The Morgan fingerprint density at radius 1 is 0.824 bits per heavy atom. The van der Waals surface area contributed by atoms with Crippen LogP contribution in [-0.4, -0.2) is 11.7 Å². The summed E-state index contributed by atoms with van der Waals surface area (Å²) >= 11 is 0. The van der Waals surface area contributed by atoms with Crippen molar-refractivity contribution in [2.45, 2.75) is 91.4 Å². The molecule has 0 saturated heterocycles. The van der Waals surface area contributed by atoms with Gasteiger partial charge in [-0.05, 0) is 18.3 Å². The van der Waals surface area contributed by atoms with Crippen LogP contribution in [0.3, 0.4) is 0 Å². The van der Waals surface area contributed by atoms with Crippen molar-refractivity contribution in [3.05, 3.63) is 0 Å². The minimum atomic E-state index is 0.292. The minimum Gasteiger partial charge on any atom is -0.396 e. The molecule has 0 atom stereocenters. The van der Waals surface area contributed by atoms with Gasteiger partial charge in [-0.2, -0.15) is 0 Å². The van der Waals surface area contributed by atoms with Crippen molar-refractivity contribution in [1.82, 2.24) is 0 Å². The number of unbranched alkanes of at least 4 members (excludes halogenated alkanes) is 6. The molecule has 0 unspecified atom stereocenters. The Kier molecular flexibility index (Phi) is 11.0. The Bertz CT molecular complexity index is 142. The average molecular weight is 242 g/mol. The molecule has 0 amide bonds. The largest absolute Gasteiger partial charge is 0.396 e. The highest BCUT2D eigenvalue weighted by atomic mass is 16.3. The lowest BCUT2D eigenvalue weighted by Gasteiger charge is -2.18. The van der Waals surface area contributed by atoms with Gasteiger partial charge in [0.1, 0.15) is 0 Å². The first-order valence-electron chi connectivity index (χ1n) is 7.79. The topological polar surface area (TPSA) is 20.2 Å². The fourth-order valence-corrected chi connectivity index (χ4v) is 2.42. The highest BCUT2D eigenvalue weighted by Crippen LogP contribution is 2.36. The highest BCUT2D eigenvalue weighted by Gasteiger charge is 2.26. The maximum absolute atomic E-state index is 8.83. The molecule has 1 rings (SSSR count). The summed E-state index contributed by atoms with van der Waals surface area (Å²) in [5.41, 5.74) is 0.292. The van der Waals surface area contributed by atoms with Crippen LogP contribution in [0.4, 0.5) is 0 Å². The molecule has 0 aliphatic heterocycles. The summed E-state index contributed by atoms with van der Waals surface area (Å²) < 4.78 is 0. The molecule has 1 aliphatic rings. The maximum Gasteiger partial charge on any atom is 0.0484 e. The van der Waals surface area contributed by atoms with Crippen molar-refractivity contribution in [2.75, 3.05) is 6.61 Å². The molecule has 1 N–H and O–H groups in total. The molecule has 1 fully saturated rings. The van der Waals surface area contributed by atoms with Gasteiger partial charge in [0.25, 0.3) is 0 Å². The van der Waals surface area contributed by atoms with Gasteiger partial charge in [0.15, 0.2) is 0 Å². The molecule has 0 aromatic rings. The van der Waals surface area contributed by atoms with E-state index in [9.17, 15) is 0 Å². The van der Waals surface area contributed by atoms with Crippen molar-refractivity contribution in [1.29, 1.82) is 0 Å². The van der Waals surface area contributed by atoms with E-state index < -0.39 is 0 Å². The zero-order valence-corrected chi connectivity index (χ0v) is 12.4. The van der Waals surface area contributed by atoms with Gasteiger partial charge in [0, 0.05) is 6.61 Å². The van der Waals surface area contributed by atoms with Gasteiger partial charge in [-0.3, -0.25) is 0 Å². The van der Waals surface area contributed by atoms with Gasteiger partial charge in [-0.25, -0.2) is 0 Å². The number of aliphatic hydroxyl groups excluding tert-OH is 1. The first-order valence-corrected chi connectivity index (χ1v) is 7.79. The number of hydrogen-bond acceptors (Lipinski definition) is 1. The van der Waals surface area contributed by atoms with E-state index in [0.717, 1.165) is 0 Å². The summed E-state index contributed by atoms with van der Waals surface area (Å²) in [5.74, 6) is 0. The molecule has 0 aromatic heterocycles. The third kappa shape index (κ3) is 9.64. The molecule has 1 heteroatoms. The fraction of sp³-hybridized carbons (Fsp3) is 1.00. The maximum atomic E-state index is 8.83. The summed E-state index contributed by atoms with van der Waals surface area (Å²) in [4.78, 5) is 0. The summed E-state index contributed by atoms with van der Waals surface area (Å²) in [6.07, 6.45) is 15.1. The average Bonchev–Trinajstić information content (AvgIpc) is 2.78. The van der Waals surface area contributed by atoms with Crippen LogP contribution in [-0.2, 0) is 0 Å². The molecule has 1 nitrogen and oxygen atoms in total. The van der Waals surface area contributed by atoms with Crippen LogP contribution >= 0.6 is 0 Å². The fourth-order valence-electron chi connectivity index (χ4n) is 2.42. The summed E-state index contributed by atoms with van der Waals surface area (Å²) in [5, 5.41) is 8.83. The first-order chi connectivity index (χ1) is 8.18. The van der Waals surface area contributed by atoms with Crippen LogP contribution in [0.5, 0.6) is 0 Å². The summed E-state index contributed by atoms with van der Waals surface area (Å²) in [7, 11) is 0. The molecule has 0 radical (unpaired) electrons. The Hall–Kier alpha value is -0.0400. The standard InChI is InChI=1S/C9H20.C7H14O/c1-3-5-7-9-8-6-4-2;1-7(6-8)4-2-3-5-7/h3-9H2,1-2H3;8H,2-6H2,1H3. The molecule has 1 aliphatic carbocycles. The van der Waals surface area contributed by atoms with E-state index in [1.165, 1.54) is 70.6 Å². The van der Waals surface area contributed by atoms with Crippen molar-refractivity contribution >= 4 is 0 Å². The Balaban J connectivity index is 0.000000302. The van der Waals surface area contributed by atoms with Crippen LogP contribution in [0.15, 0.2) is 0 Å². The molecule has 0 spiro atoms. The lowest BCUT2D eigenvalue weighted by molar-refractivity contribution is 0.149. The summed E-state index contributed by atoms with van der Waals surface area (Å²) in [6, 6.07) is 0. The van der Waals surface area contributed by atoms with Gasteiger partial charge < -0.3 is 5.11 Å². The van der Waals surface area contributed by atoms with E-state index in [2.05, 4.69) is 20.8 Å². The van der Waals surface area contributed by atoms with E-state index in [1.54, 1.807) is 0 Å². The summed E-state index contributed by atoms with van der Waals surface area (Å²) in [6.45, 7) is 7.08. The van der Waals surface area contributed by atoms with Gasteiger partial charge in [0.2, 0.25) is 0 Å². The normalized spacial score (nSPS) is 17.6. The Labute approximate surface area is 109 Å². The van der Waals surface area contributed by atoms with E-state index >= 15 is 0 Å². The molecule has 1 saturated carbocycles. The van der Waals surface area contributed by atoms with Gasteiger partial charge in [-0.1, -0.05) is 78.6 Å². The van der Waals surface area contributed by atoms with E-state index in [-0.39, 0.29) is 0 Å². The van der Waals surface area contributed by atoms with Gasteiger partial charge >= 0.3 is 0 Å². The zero-order chi connectivity index (χ0) is 13.0. The van der Waals surface area contributed by atoms with Crippen LogP contribution in [0.1, 0.15) is 91.4 Å². The van der Waals surface area contributed by atoms with Gasteiger partial charge in [-0.15, -0.1) is 0 Å². The SMILES string of the molecule is CC1(CO)CCCC1.CCCCCCCCC. The second-order valence-electron chi connectivity index (χ2n) is 5.94. The third-order valence-corrected chi connectivity index (χ3v) is 3.90. The van der Waals surface area contributed by atoms with E-state index in [4.69, 9.17) is 5.11 Å². The first kappa shape index (κ1) is 17.0. The van der Waals surface area contributed by atoms with E-state index in [0.29, 0.717) is 12.0 Å². The smallest absolute Gasteiger partial charge is 0.0484 e. The third-order valence-electron chi connectivity index (χ3n) is 3.90. The van der Waals surface area contributed by atoms with Crippen molar-refractivity contribution in [3.8, 4) is 0 Å². The van der Waals surface area contributed by atoms with Gasteiger partial charge in [0.05, 0.1) is 0 Å². The van der Waals surface area contributed by atoms with Crippen LogP contribution in [0.2, 0.25) is 0 Å². The molecule has 17 heavy (non-hydrogen) atoms.